The quantitative estimate of drug-likeness (QED) is 0.237. The summed E-state index contributed by atoms with van der Waals surface area (Å²) in [6, 6.07) is 20.6. The van der Waals surface area contributed by atoms with E-state index in [1.807, 2.05) is 55.1 Å². The molecule has 2 aliphatic carbocycles. The Morgan fingerprint density at radius 2 is 1.08 bits per heavy atom. The van der Waals surface area contributed by atoms with Gasteiger partial charge in [-0.1, -0.05) is 61.7 Å². The summed E-state index contributed by atoms with van der Waals surface area (Å²) in [5.41, 5.74) is 12.0. The summed E-state index contributed by atoms with van der Waals surface area (Å²) < 4.78 is 0. The number of hydrogen-bond donors (Lipinski definition) is 0. The SMILES string of the molecule is C=Cc1nccc2cccc-2c1/C=C/c1ccc2c(/C=C/c3c4cccc-4ccnc3C=C)ncc-2cn1. The maximum Gasteiger partial charge on any atom is 0.0709 e. The topological polar surface area (TPSA) is 51.6 Å². The van der Waals surface area contributed by atoms with E-state index in [1.165, 1.54) is 0 Å². The number of nitrogens with zero attached hydrogens (tertiary/aromatic N) is 4. The van der Waals surface area contributed by atoms with Crippen LogP contribution >= 0.6 is 0 Å². The van der Waals surface area contributed by atoms with Crippen molar-refractivity contribution >= 4 is 36.5 Å². The fraction of sp³-hybridized carbons (Fsp3) is 0. The van der Waals surface area contributed by atoms with Crippen molar-refractivity contribution in [2.45, 2.75) is 0 Å². The Hall–Kier alpha value is -5.22. The van der Waals surface area contributed by atoms with E-state index in [-0.39, 0.29) is 0 Å². The molecule has 4 nitrogen and oxygen atoms in total. The van der Waals surface area contributed by atoms with Crippen molar-refractivity contribution in [1.29, 1.82) is 0 Å². The third kappa shape index (κ3) is 4.29. The molecule has 0 spiro atoms. The summed E-state index contributed by atoms with van der Waals surface area (Å²) in [5, 5.41) is 0. The van der Waals surface area contributed by atoms with Crippen LogP contribution in [-0.4, -0.2) is 19.9 Å². The maximum absolute atomic E-state index is 4.70. The summed E-state index contributed by atoms with van der Waals surface area (Å²) in [4.78, 5) is 18.4. The Labute approximate surface area is 222 Å². The highest BCUT2D eigenvalue weighted by Crippen LogP contribution is 2.32. The minimum atomic E-state index is 0.833. The van der Waals surface area contributed by atoms with Crippen molar-refractivity contribution < 1.29 is 0 Å². The van der Waals surface area contributed by atoms with Gasteiger partial charge >= 0.3 is 0 Å². The molecule has 180 valence electrons. The number of hydrogen-bond acceptors (Lipinski definition) is 4. The summed E-state index contributed by atoms with van der Waals surface area (Å²) in [6.45, 7) is 7.90. The predicted molar refractivity (Wildman–Crippen MR) is 158 cm³/mol. The monoisotopic (exact) mass is 488 g/mol. The molecule has 0 bridgehead atoms. The average molecular weight is 489 g/mol. The lowest BCUT2D eigenvalue weighted by atomic mass is 10.0. The lowest BCUT2D eigenvalue weighted by Gasteiger charge is -2.01. The molecule has 4 heteroatoms. The second kappa shape index (κ2) is 10.0. The van der Waals surface area contributed by atoms with Crippen LogP contribution in [0.1, 0.15) is 33.9 Å². The third-order valence-electron chi connectivity index (χ3n) is 6.69. The lowest BCUT2D eigenvalue weighted by molar-refractivity contribution is 1.32. The zero-order chi connectivity index (χ0) is 25.9. The smallest absolute Gasteiger partial charge is 0.0709 e. The molecule has 0 aromatic carbocycles. The molecule has 0 saturated carbocycles. The van der Waals surface area contributed by atoms with Crippen molar-refractivity contribution in [3.05, 3.63) is 133 Å². The molecule has 0 aromatic heterocycles. The third-order valence-corrected chi connectivity index (χ3v) is 6.69. The highest BCUT2D eigenvalue weighted by Gasteiger charge is 2.12. The van der Waals surface area contributed by atoms with Crippen molar-refractivity contribution in [3.8, 4) is 33.4 Å². The first kappa shape index (κ1) is 23.2. The predicted octanol–water partition coefficient (Wildman–Crippen LogP) is 8.21. The van der Waals surface area contributed by atoms with Crippen LogP contribution in [0.25, 0.3) is 69.8 Å². The Morgan fingerprint density at radius 3 is 1.71 bits per heavy atom. The highest BCUT2D eigenvalue weighted by molar-refractivity contribution is 5.88. The van der Waals surface area contributed by atoms with Gasteiger partial charge in [-0.05, 0) is 70.8 Å². The summed E-state index contributed by atoms with van der Waals surface area (Å²) >= 11 is 0. The van der Waals surface area contributed by atoms with Crippen LogP contribution in [0.2, 0.25) is 0 Å². The van der Waals surface area contributed by atoms with Crippen LogP contribution in [0, 0.1) is 0 Å². The molecule has 0 aromatic rings. The molecule has 0 N–H and O–H groups in total. The van der Waals surface area contributed by atoms with Crippen LogP contribution in [0.4, 0.5) is 0 Å². The van der Waals surface area contributed by atoms with E-state index in [1.54, 1.807) is 12.2 Å². The van der Waals surface area contributed by atoms with Gasteiger partial charge in [-0.2, -0.15) is 0 Å². The standard InChI is InChI=1S/C34H24N4/c1-3-32-30(27-9-5-7-23(27)17-19-35-32)14-12-26-11-13-29-25(21-37-26)22-38-34(29)16-15-31-28-10-6-8-24(28)18-20-36-33(31)4-2/h3-22H,1-2H2/b14-12+,16-15+. The lowest BCUT2D eigenvalue weighted by Crippen LogP contribution is -1.83. The Kier molecular flexibility index (Phi) is 6.12. The largest absolute Gasteiger partial charge is 0.256 e. The molecule has 4 heterocycles. The zero-order valence-corrected chi connectivity index (χ0v) is 20.8. The Morgan fingerprint density at radius 1 is 0.474 bits per heavy atom. The number of aromatic nitrogens is 4. The molecule has 0 unspecified atom stereocenters. The second-order valence-electron chi connectivity index (χ2n) is 8.88. The van der Waals surface area contributed by atoms with Crippen molar-refractivity contribution in [2.75, 3.05) is 0 Å². The van der Waals surface area contributed by atoms with Gasteiger partial charge in [-0.15, -0.1) is 0 Å². The normalized spacial score (nSPS) is 11.7. The van der Waals surface area contributed by atoms with Crippen LogP contribution < -0.4 is 0 Å². The number of fused-ring (bicyclic) bond motifs is 3. The Bertz CT molecular complexity index is 1760. The molecule has 0 radical (unpaired) electrons. The Balaban J connectivity index is 1.35. The molecule has 0 saturated heterocycles. The first-order valence-corrected chi connectivity index (χ1v) is 12.4. The van der Waals surface area contributed by atoms with E-state index >= 15 is 0 Å². The minimum absolute atomic E-state index is 0.833. The fourth-order valence-corrected chi connectivity index (χ4v) is 4.76. The van der Waals surface area contributed by atoms with Gasteiger partial charge in [0.05, 0.1) is 22.8 Å². The van der Waals surface area contributed by atoms with Gasteiger partial charge in [0, 0.05) is 47.0 Å². The average Bonchev–Trinajstić information content (AvgIpc) is 3.60. The molecule has 0 amide bonds. The molecule has 38 heavy (non-hydrogen) atoms. The molecular formula is C34H24N4. The van der Waals surface area contributed by atoms with Crippen molar-refractivity contribution in [3.63, 3.8) is 0 Å². The van der Waals surface area contributed by atoms with E-state index in [0.717, 1.165) is 67.3 Å². The van der Waals surface area contributed by atoms with E-state index in [4.69, 9.17) is 4.98 Å². The molecule has 6 rings (SSSR count). The molecular weight excluding hydrogens is 464 g/mol. The van der Waals surface area contributed by atoms with Crippen LogP contribution in [-0.2, 0) is 0 Å². The fourth-order valence-electron chi connectivity index (χ4n) is 4.76. The van der Waals surface area contributed by atoms with Gasteiger partial charge in [0.15, 0.2) is 0 Å². The van der Waals surface area contributed by atoms with Gasteiger partial charge in [0.1, 0.15) is 0 Å². The maximum atomic E-state index is 4.70. The highest BCUT2D eigenvalue weighted by atomic mass is 14.7. The molecule has 0 fully saturated rings. The van der Waals surface area contributed by atoms with E-state index < -0.39 is 0 Å². The van der Waals surface area contributed by atoms with Crippen LogP contribution in [0.5, 0.6) is 0 Å². The summed E-state index contributed by atoms with van der Waals surface area (Å²) in [5.74, 6) is 0. The first-order valence-electron chi connectivity index (χ1n) is 12.4. The van der Waals surface area contributed by atoms with E-state index in [9.17, 15) is 0 Å². The number of rotatable bonds is 6. The summed E-state index contributed by atoms with van der Waals surface area (Å²) in [7, 11) is 0. The van der Waals surface area contributed by atoms with Crippen LogP contribution in [0.3, 0.4) is 0 Å². The van der Waals surface area contributed by atoms with Crippen molar-refractivity contribution in [2.24, 2.45) is 0 Å². The van der Waals surface area contributed by atoms with Crippen molar-refractivity contribution in [1.82, 2.24) is 19.9 Å². The summed E-state index contributed by atoms with van der Waals surface area (Å²) in [6.07, 6.45) is 19.1. The van der Waals surface area contributed by atoms with E-state index in [2.05, 4.69) is 82.7 Å². The minimum Gasteiger partial charge on any atom is -0.256 e. The van der Waals surface area contributed by atoms with Gasteiger partial charge in [0.2, 0.25) is 0 Å². The molecule has 6 aliphatic rings. The first-order chi connectivity index (χ1) is 18.7. The van der Waals surface area contributed by atoms with Gasteiger partial charge in [0.25, 0.3) is 0 Å². The molecule has 4 aliphatic heterocycles. The van der Waals surface area contributed by atoms with E-state index in [0.29, 0.717) is 0 Å². The van der Waals surface area contributed by atoms with Gasteiger partial charge in [-0.3, -0.25) is 19.9 Å². The van der Waals surface area contributed by atoms with Gasteiger partial charge in [-0.25, -0.2) is 0 Å². The van der Waals surface area contributed by atoms with Crippen LogP contribution in [0.15, 0.2) is 98.6 Å². The zero-order valence-electron chi connectivity index (χ0n) is 20.8. The molecule has 0 atom stereocenters. The van der Waals surface area contributed by atoms with Gasteiger partial charge < -0.3 is 0 Å². The second-order valence-corrected chi connectivity index (χ2v) is 8.88.